The third-order valence-electron chi connectivity index (χ3n) is 9.92. The SMILES string of the molecule is [2H]c1ccc2c(c1)-c1cccc(-c3nc(-c4ccccc4)nc(-c4ccccc4)n3)c1C21C2=C(Oc3ccccc3O2)c2c1sc1ccccc21. The van der Waals surface area contributed by atoms with Crippen molar-refractivity contribution >= 4 is 27.2 Å². The molecular weight excluding hydrogens is 635 g/mol. The smallest absolute Gasteiger partial charge is 0.176 e. The zero-order valence-corrected chi connectivity index (χ0v) is 27.2. The van der Waals surface area contributed by atoms with Crippen LogP contribution >= 0.6 is 11.3 Å². The molecule has 3 heterocycles. The summed E-state index contributed by atoms with van der Waals surface area (Å²) < 4.78 is 23.8. The van der Waals surface area contributed by atoms with Crippen molar-refractivity contribution in [3.8, 4) is 56.8 Å². The number of benzene rings is 6. The molecule has 5 nitrogen and oxygen atoms in total. The normalized spacial score (nSPS) is 16.6. The predicted octanol–water partition coefficient (Wildman–Crippen LogP) is 10.6. The minimum Gasteiger partial charge on any atom is -0.452 e. The molecule has 6 heteroatoms. The lowest BCUT2D eigenvalue weighted by Crippen LogP contribution is -2.31. The zero-order chi connectivity index (χ0) is 33.7. The highest BCUT2D eigenvalue weighted by molar-refractivity contribution is 7.19. The van der Waals surface area contributed by atoms with E-state index in [2.05, 4.69) is 48.5 Å². The number of hydrogen-bond acceptors (Lipinski definition) is 6. The van der Waals surface area contributed by atoms with Gasteiger partial charge in [0.25, 0.3) is 0 Å². The zero-order valence-electron chi connectivity index (χ0n) is 27.4. The van der Waals surface area contributed by atoms with Crippen molar-refractivity contribution in [2.75, 3.05) is 0 Å². The highest BCUT2D eigenvalue weighted by Crippen LogP contribution is 2.67. The molecule has 8 aromatic rings. The van der Waals surface area contributed by atoms with Crippen LogP contribution in [0.3, 0.4) is 0 Å². The molecule has 0 fully saturated rings. The third kappa shape index (κ3) is 3.68. The molecule has 0 saturated carbocycles. The van der Waals surface area contributed by atoms with Crippen LogP contribution in [0, 0.1) is 0 Å². The van der Waals surface area contributed by atoms with Gasteiger partial charge < -0.3 is 9.47 Å². The van der Waals surface area contributed by atoms with Gasteiger partial charge >= 0.3 is 0 Å². The third-order valence-corrected chi connectivity index (χ3v) is 11.2. The van der Waals surface area contributed by atoms with Gasteiger partial charge in [-0.05, 0) is 40.5 Å². The number of fused-ring (bicyclic) bond motifs is 12. The van der Waals surface area contributed by atoms with Gasteiger partial charge in [-0.25, -0.2) is 15.0 Å². The molecule has 1 unspecified atom stereocenters. The van der Waals surface area contributed by atoms with Gasteiger partial charge in [0, 0.05) is 37.2 Å². The van der Waals surface area contributed by atoms with Gasteiger partial charge in [-0.15, -0.1) is 11.3 Å². The monoisotopic (exact) mass is 660 g/mol. The summed E-state index contributed by atoms with van der Waals surface area (Å²) in [5.74, 6) is 4.53. The number of nitrogens with zero attached hydrogens (tertiary/aromatic N) is 3. The molecule has 2 aliphatic carbocycles. The minimum absolute atomic E-state index is 0.440. The van der Waals surface area contributed by atoms with Gasteiger partial charge in [0.1, 0.15) is 5.41 Å². The van der Waals surface area contributed by atoms with Gasteiger partial charge in [0.15, 0.2) is 40.5 Å². The van der Waals surface area contributed by atoms with Crippen LogP contribution in [-0.2, 0) is 5.41 Å². The Morgan fingerprint density at radius 3 is 1.94 bits per heavy atom. The van der Waals surface area contributed by atoms with E-state index in [1.54, 1.807) is 11.3 Å². The van der Waals surface area contributed by atoms with Crippen LogP contribution in [0.4, 0.5) is 0 Å². The molecule has 0 amide bonds. The lowest BCUT2D eigenvalue weighted by molar-refractivity contribution is 0.317. The number of aromatic nitrogens is 3. The first-order valence-electron chi connectivity index (χ1n) is 17.0. The summed E-state index contributed by atoms with van der Waals surface area (Å²) in [6.07, 6.45) is 0. The number of allylic oxidation sites excluding steroid dienone is 1. The fourth-order valence-corrected chi connectivity index (χ4v) is 9.27. The van der Waals surface area contributed by atoms with Gasteiger partial charge in [0.2, 0.25) is 0 Å². The lowest BCUT2D eigenvalue weighted by Gasteiger charge is -2.33. The van der Waals surface area contributed by atoms with Crippen LogP contribution < -0.4 is 9.47 Å². The Hall–Kier alpha value is -6.37. The summed E-state index contributed by atoms with van der Waals surface area (Å²) >= 11 is 1.76. The molecule has 0 bridgehead atoms. The Balaban J connectivity index is 1.27. The van der Waals surface area contributed by atoms with Crippen LogP contribution in [0.2, 0.25) is 0 Å². The van der Waals surface area contributed by atoms with E-state index in [0.29, 0.717) is 35.0 Å². The summed E-state index contributed by atoms with van der Waals surface area (Å²) in [5.41, 5.74) is 6.86. The van der Waals surface area contributed by atoms with Crippen molar-refractivity contribution in [3.63, 3.8) is 0 Å². The highest BCUT2D eigenvalue weighted by atomic mass is 32.1. The van der Waals surface area contributed by atoms with E-state index in [-0.39, 0.29) is 0 Å². The maximum absolute atomic E-state index is 8.74. The quantitative estimate of drug-likeness (QED) is 0.189. The van der Waals surface area contributed by atoms with Crippen LogP contribution in [-0.4, -0.2) is 15.0 Å². The van der Waals surface area contributed by atoms with Crippen LogP contribution in [0.5, 0.6) is 11.5 Å². The molecule has 11 rings (SSSR count). The van der Waals surface area contributed by atoms with Crippen molar-refractivity contribution < 1.29 is 10.8 Å². The van der Waals surface area contributed by atoms with Crippen LogP contribution in [0.15, 0.2) is 157 Å². The maximum Gasteiger partial charge on any atom is 0.176 e. The molecule has 1 spiro atoms. The van der Waals surface area contributed by atoms with E-state index < -0.39 is 5.41 Å². The first-order chi connectivity index (χ1) is 25.2. The maximum atomic E-state index is 8.74. The standard InChI is InChI=1S/C44H25N3O2S/c1-3-14-26(15-4-1)41-45-42(27-16-5-2-6-17-27)47-43(46-41)31-21-13-20-29-28-18-7-9-22-32(28)44(37(29)31)39-38(48-33-23-10-11-24-34(33)49-39)36-30-19-8-12-25-35(30)50-40(36)44/h1-25H/i7D. The Morgan fingerprint density at radius 2 is 1.18 bits per heavy atom. The second-order valence-corrected chi connectivity index (χ2v) is 13.7. The molecule has 2 aromatic heterocycles. The number of rotatable bonds is 3. The van der Waals surface area contributed by atoms with Crippen molar-refractivity contribution in [2.45, 2.75) is 5.41 Å². The van der Waals surface area contributed by atoms with Crippen molar-refractivity contribution in [1.29, 1.82) is 0 Å². The largest absolute Gasteiger partial charge is 0.452 e. The molecule has 0 N–H and O–H groups in total. The minimum atomic E-state index is -0.900. The molecule has 0 saturated heterocycles. The predicted molar refractivity (Wildman–Crippen MR) is 198 cm³/mol. The Morgan fingerprint density at radius 1 is 0.540 bits per heavy atom. The second-order valence-electron chi connectivity index (χ2n) is 12.6. The molecule has 234 valence electrons. The summed E-state index contributed by atoms with van der Waals surface area (Å²) in [5, 5.41) is 1.12. The van der Waals surface area contributed by atoms with E-state index in [1.807, 2.05) is 97.1 Å². The molecule has 0 radical (unpaired) electrons. The topological polar surface area (TPSA) is 57.1 Å². The second kappa shape index (κ2) is 10.3. The highest BCUT2D eigenvalue weighted by Gasteiger charge is 2.59. The van der Waals surface area contributed by atoms with Crippen molar-refractivity contribution in [2.24, 2.45) is 0 Å². The van der Waals surface area contributed by atoms with E-state index >= 15 is 0 Å². The van der Waals surface area contributed by atoms with Crippen LogP contribution in [0.25, 0.3) is 61.1 Å². The first-order valence-corrected chi connectivity index (χ1v) is 17.3. The Bertz CT molecular complexity index is 2720. The van der Waals surface area contributed by atoms with E-state index in [9.17, 15) is 0 Å². The number of hydrogen-bond donors (Lipinski definition) is 0. The fourth-order valence-electron chi connectivity index (χ4n) is 7.86. The van der Waals surface area contributed by atoms with Gasteiger partial charge in [0.05, 0.1) is 1.37 Å². The van der Waals surface area contributed by atoms with Crippen LogP contribution in [0.1, 0.15) is 22.9 Å². The summed E-state index contributed by atoms with van der Waals surface area (Å²) in [4.78, 5) is 16.5. The van der Waals surface area contributed by atoms with Gasteiger partial charge in [-0.1, -0.05) is 133 Å². The Labute approximate surface area is 293 Å². The Kier molecular flexibility index (Phi) is 5.48. The van der Waals surface area contributed by atoms with Crippen molar-refractivity contribution in [1.82, 2.24) is 15.0 Å². The number of thiophene rings is 1. The molecular formula is C44H25N3O2S. The number of ether oxygens (including phenoxy) is 2. The average molecular weight is 661 g/mol. The van der Waals surface area contributed by atoms with E-state index in [0.717, 1.165) is 66.3 Å². The first kappa shape index (κ1) is 26.6. The van der Waals surface area contributed by atoms with Gasteiger partial charge in [-0.3, -0.25) is 0 Å². The fraction of sp³-hybridized carbons (Fsp3) is 0.0227. The van der Waals surface area contributed by atoms with E-state index in [4.69, 9.17) is 25.8 Å². The summed E-state index contributed by atoms with van der Waals surface area (Å²) in [6, 6.07) is 49.1. The lowest BCUT2D eigenvalue weighted by atomic mass is 9.75. The average Bonchev–Trinajstić information content (AvgIpc) is 3.80. The summed E-state index contributed by atoms with van der Waals surface area (Å²) in [6.45, 7) is 0. The van der Waals surface area contributed by atoms with Gasteiger partial charge in [-0.2, -0.15) is 0 Å². The summed E-state index contributed by atoms with van der Waals surface area (Å²) in [7, 11) is 0. The van der Waals surface area contributed by atoms with E-state index in [1.165, 1.54) is 4.70 Å². The van der Waals surface area contributed by atoms with Crippen molar-refractivity contribution in [3.05, 3.63) is 179 Å². The molecule has 50 heavy (non-hydrogen) atoms. The molecule has 6 aromatic carbocycles. The number of para-hydroxylation sites is 2. The molecule has 3 aliphatic rings. The molecule has 1 aliphatic heterocycles. The molecule has 1 atom stereocenters.